The average Bonchev–Trinajstić information content (AvgIpc) is 3.44. The molecular weight excluding hydrogens is 576 g/mol. The smallest absolute Gasteiger partial charge is 0.338 e. The molecule has 2 saturated heterocycles. The van der Waals surface area contributed by atoms with E-state index in [9.17, 15) is 45.3 Å². The van der Waals surface area contributed by atoms with Crippen LogP contribution in [0.1, 0.15) is 23.2 Å². The monoisotopic (exact) mass is 610 g/mol. The molecule has 0 aromatic heterocycles. The van der Waals surface area contributed by atoms with E-state index < -0.39 is 86.1 Å². The van der Waals surface area contributed by atoms with E-state index in [1.54, 1.807) is 30.3 Å². The largest absolute Gasteiger partial charge is 0.478 e. The van der Waals surface area contributed by atoms with Gasteiger partial charge in [-0.25, -0.2) is 9.59 Å². The second kappa shape index (κ2) is 13.4. The summed E-state index contributed by atoms with van der Waals surface area (Å²) in [6.45, 7) is -0.990. The number of aliphatic carboxylic acids is 1. The Kier molecular flexibility index (Phi) is 9.77. The zero-order valence-corrected chi connectivity index (χ0v) is 22.7. The molecule has 2 fully saturated rings. The number of carbonyl (C=O) groups is 2. The van der Waals surface area contributed by atoms with E-state index in [-0.39, 0.29) is 18.8 Å². The van der Waals surface area contributed by atoms with Gasteiger partial charge >= 0.3 is 11.9 Å². The summed E-state index contributed by atoms with van der Waals surface area (Å²) in [5, 5.41) is 71.0. The van der Waals surface area contributed by atoms with E-state index in [4.69, 9.17) is 28.4 Å². The van der Waals surface area contributed by atoms with Gasteiger partial charge in [0, 0.05) is 11.5 Å². The first kappa shape index (κ1) is 31.5. The minimum absolute atomic E-state index is 0.0376. The van der Waals surface area contributed by atoms with Crippen molar-refractivity contribution in [2.75, 3.05) is 19.8 Å². The standard InChI is InChI=1S/C28H34O15/c29-16-10-40-27(22(33)19(16)30)41-11-17-20(31)21(32)23(34)28(42-17)43-26-18-13(6-7-14(18)15(9-39-26)24(35)36)8-38-25(37)12-4-2-1-3-5-12/h1-5,9,14,16-17,19-23,26-34H,6-8,10-11H2,(H,35,36)/t14-,16+,17-,19+,20-,21+,22-,23-,26+,27+,28+/m1/s1. The van der Waals surface area contributed by atoms with Gasteiger partial charge in [-0.05, 0) is 30.5 Å². The zero-order chi connectivity index (χ0) is 30.8. The number of ether oxygens (including phenoxy) is 6. The van der Waals surface area contributed by atoms with Crippen LogP contribution in [0.15, 0.2) is 53.3 Å². The molecule has 15 nitrogen and oxygen atoms in total. The fourth-order valence-corrected chi connectivity index (χ4v) is 5.48. The fraction of sp³-hybridized carbons (Fsp3) is 0.571. The molecule has 1 aliphatic carbocycles. The van der Waals surface area contributed by atoms with Crippen molar-refractivity contribution in [3.05, 3.63) is 58.9 Å². The van der Waals surface area contributed by atoms with Crippen molar-refractivity contribution < 1.29 is 73.8 Å². The highest BCUT2D eigenvalue weighted by molar-refractivity contribution is 5.89. The van der Waals surface area contributed by atoms with Gasteiger partial charge < -0.3 is 64.2 Å². The Bertz CT molecular complexity index is 1220. The van der Waals surface area contributed by atoms with E-state index in [2.05, 4.69) is 0 Å². The number of carboxylic acids is 1. The van der Waals surface area contributed by atoms with Crippen LogP contribution in [0.25, 0.3) is 0 Å². The normalized spacial score (nSPS) is 37.7. The predicted molar refractivity (Wildman–Crippen MR) is 139 cm³/mol. The molecule has 3 aliphatic heterocycles. The summed E-state index contributed by atoms with van der Waals surface area (Å²) in [5.74, 6) is -2.44. The molecular formula is C28H34O15. The maximum Gasteiger partial charge on any atom is 0.338 e. The van der Waals surface area contributed by atoms with Crippen LogP contribution in [0.4, 0.5) is 0 Å². The van der Waals surface area contributed by atoms with E-state index >= 15 is 0 Å². The molecule has 0 bridgehead atoms. The molecule has 7 N–H and O–H groups in total. The number of carboxylic acid groups (broad SMARTS) is 1. The number of hydrogen-bond acceptors (Lipinski definition) is 14. The summed E-state index contributed by atoms with van der Waals surface area (Å²) < 4.78 is 33.2. The number of aliphatic hydroxyl groups is 6. The number of hydrogen-bond donors (Lipinski definition) is 7. The Morgan fingerprint density at radius 1 is 0.907 bits per heavy atom. The SMILES string of the molecule is O=C(O)C1=CO[C@@H](O[C@@H]2O[C@H](CO[C@@H]3OC[C@H](O)[C@H](O)[C@H]3O)[C@@H](O)[C@H](O)[C@H]2O)C2=C(COC(=O)c3ccccc3)CC[C@H]12. The highest BCUT2D eigenvalue weighted by atomic mass is 16.8. The molecule has 11 atom stereocenters. The number of fused-ring (bicyclic) bond motifs is 1. The molecule has 1 aromatic carbocycles. The highest BCUT2D eigenvalue weighted by Gasteiger charge is 2.49. The number of rotatable bonds is 9. The summed E-state index contributed by atoms with van der Waals surface area (Å²) in [6, 6.07) is 8.30. The molecule has 1 aromatic rings. The highest BCUT2D eigenvalue weighted by Crippen LogP contribution is 2.44. The first-order valence-electron chi connectivity index (χ1n) is 13.7. The molecule has 0 radical (unpaired) electrons. The van der Waals surface area contributed by atoms with E-state index in [1.165, 1.54) is 0 Å². The lowest BCUT2D eigenvalue weighted by molar-refractivity contribution is -0.339. The third-order valence-electron chi connectivity index (χ3n) is 7.91. The van der Waals surface area contributed by atoms with Gasteiger partial charge in [0.15, 0.2) is 12.6 Å². The van der Waals surface area contributed by atoms with Crippen LogP contribution in [0, 0.1) is 5.92 Å². The van der Waals surface area contributed by atoms with Crippen LogP contribution >= 0.6 is 0 Å². The van der Waals surface area contributed by atoms with Gasteiger partial charge in [0.2, 0.25) is 6.29 Å². The molecule has 43 heavy (non-hydrogen) atoms. The van der Waals surface area contributed by atoms with E-state index in [0.29, 0.717) is 29.6 Å². The Hall–Kier alpha value is -2.96. The summed E-state index contributed by atoms with van der Waals surface area (Å²) in [6.07, 6.45) is -13.5. The van der Waals surface area contributed by atoms with Crippen LogP contribution in [0.5, 0.6) is 0 Å². The number of esters is 1. The third kappa shape index (κ3) is 6.61. The third-order valence-corrected chi connectivity index (χ3v) is 7.91. The zero-order valence-electron chi connectivity index (χ0n) is 22.7. The van der Waals surface area contributed by atoms with Gasteiger partial charge in [-0.15, -0.1) is 0 Å². The molecule has 0 amide bonds. The van der Waals surface area contributed by atoms with Gasteiger partial charge in [0.25, 0.3) is 0 Å². The van der Waals surface area contributed by atoms with E-state index in [0.717, 1.165) is 6.26 Å². The average molecular weight is 611 g/mol. The van der Waals surface area contributed by atoms with Crippen molar-refractivity contribution in [2.24, 2.45) is 5.92 Å². The fourth-order valence-electron chi connectivity index (χ4n) is 5.48. The van der Waals surface area contributed by atoms with Crippen molar-refractivity contribution in [1.82, 2.24) is 0 Å². The predicted octanol–water partition coefficient (Wildman–Crippen LogP) is -1.85. The molecule has 3 heterocycles. The van der Waals surface area contributed by atoms with Crippen LogP contribution in [-0.4, -0.2) is 129 Å². The second-order valence-corrected chi connectivity index (χ2v) is 10.7. The first-order valence-corrected chi connectivity index (χ1v) is 13.7. The van der Waals surface area contributed by atoms with Crippen LogP contribution in [0.3, 0.4) is 0 Å². The van der Waals surface area contributed by atoms with Crippen molar-refractivity contribution in [1.29, 1.82) is 0 Å². The molecule has 15 heteroatoms. The molecule has 0 unspecified atom stereocenters. The van der Waals surface area contributed by atoms with Gasteiger partial charge in [-0.1, -0.05) is 18.2 Å². The number of carbonyl (C=O) groups excluding carboxylic acids is 1. The number of benzene rings is 1. The van der Waals surface area contributed by atoms with E-state index in [1.807, 2.05) is 0 Å². The second-order valence-electron chi connectivity index (χ2n) is 10.7. The number of aliphatic hydroxyl groups excluding tert-OH is 6. The van der Waals surface area contributed by atoms with Crippen molar-refractivity contribution in [2.45, 2.75) is 74.4 Å². The lowest BCUT2D eigenvalue weighted by atomic mass is 9.90. The molecule has 5 rings (SSSR count). The maximum absolute atomic E-state index is 12.5. The van der Waals surface area contributed by atoms with Crippen LogP contribution < -0.4 is 0 Å². The Balaban J connectivity index is 1.30. The summed E-state index contributed by atoms with van der Waals surface area (Å²) in [4.78, 5) is 24.4. The lowest BCUT2D eigenvalue weighted by Gasteiger charge is -2.42. The lowest BCUT2D eigenvalue weighted by Crippen LogP contribution is -2.61. The minimum atomic E-state index is -1.77. The quantitative estimate of drug-likeness (QED) is 0.120. The summed E-state index contributed by atoms with van der Waals surface area (Å²) in [7, 11) is 0. The Morgan fingerprint density at radius 2 is 1.63 bits per heavy atom. The van der Waals surface area contributed by atoms with Crippen molar-refractivity contribution >= 4 is 11.9 Å². The maximum atomic E-state index is 12.5. The molecule has 0 spiro atoms. The van der Waals surface area contributed by atoms with Crippen LogP contribution in [0.2, 0.25) is 0 Å². The molecule has 236 valence electrons. The van der Waals surface area contributed by atoms with Gasteiger partial charge in [-0.3, -0.25) is 0 Å². The van der Waals surface area contributed by atoms with Crippen molar-refractivity contribution in [3.8, 4) is 0 Å². The van der Waals surface area contributed by atoms with Gasteiger partial charge in [0.1, 0.15) is 49.3 Å². The Morgan fingerprint density at radius 3 is 2.35 bits per heavy atom. The van der Waals surface area contributed by atoms with Crippen molar-refractivity contribution in [3.63, 3.8) is 0 Å². The molecule has 0 saturated carbocycles. The first-order chi connectivity index (χ1) is 20.6. The summed E-state index contributed by atoms with van der Waals surface area (Å²) in [5.41, 5.74) is 1.22. The van der Waals surface area contributed by atoms with Crippen LogP contribution in [-0.2, 0) is 33.2 Å². The topological polar surface area (TPSA) is 231 Å². The summed E-state index contributed by atoms with van der Waals surface area (Å²) >= 11 is 0. The Labute approximate surface area is 245 Å². The van der Waals surface area contributed by atoms with Gasteiger partial charge in [-0.2, -0.15) is 0 Å². The minimum Gasteiger partial charge on any atom is -0.478 e. The van der Waals surface area contributed by atoms with Gasteiger partial charge in [0.05, 0.1) is 30.6 Å². The molecule has 4 aliphatic rings.